The quantitative estimate of drug-likeness (QED) is 0.818. The first-order valence-electron chi connectivity index (χ1n) is 8.44. The third-order valence-corrected chi connectivity index (χ3v) is 3.94. The topological polar surface area (TPSA) is 64.8 Å². The van der Waals surface area contributed by atoms with Gasteiger partial charge in [-0.2, -0.15) is 0 Å². The summed E-state index contributed by atoms with van der Waals surface area (Å²) in [5.74, 6) is 0.898. The lowest BCUT2D eigenvalue weighted by Gasteiger charge is -2.35. The minimum absolute atomic E-state index is 0.105. The van der Waals surface area contributed by atoms with Gasteiger partial charge in [0, 0.05) is 19.5 Å². The Balaban J connectivity index is 1.87. The Kier molecular flexibility index (Phi) is 6.28. The molecule has 2 unspecified atom stereocenters. The lowest BCUT2D eigenvalue weighted by atomic mass is 10.1. The molecule has 1 amide bonds. The summed E-state index contributed by atoms with van der Waals surface area (Å²) in [4.78, 5) is 14.3. The lowest BCUT2D eigenvalue weighted by molar-refractivity contribution is -0.143. The molecule has 0 aliphatic carbocycles. The molecule has 1 heterocycles. The zero-order valence-electron chi connectivity index (χ0n) is 14.4. The molecule has 0 saturated carbocycles. The first-order valence-corrected chi connectivity index (χ1v) is 8.44. The van der Waals surface area contributed by atoms with Gasteiger partial charge in [-0.3, -0.25) is 4.79 Å². The number of nitrogens with zero attached hydrogens (tertiary/aromatic N) is 1. The van der Waals surface area contributed by atoms with Crippen LogP contribution in [0.2, 0.25) is 0 Å². The monoisotopic (exact) mass is 320 g/mol. The number of amides is 1. The molecule has 1 aromatic rings. The molecule has 1 saturated heterocycles. The van der Waals surface area contributed by atoms with Crippen LogP contribution in [0.15, 0.2) is 18.2 Å². The van der Waals surface area contributed by atoms with Gasteiger partial charge >= 0.3 is 0 Å². The fraction of sp³-hybridized carbons (Fsp3) is 0.611. The van der Waals surface area contributed by atoms with Crippen LogP contribution in [-0.2, 0) is 16.0 Å². The minimum Gasteiger partial charge on any atom is -0.491 e. The van der Waals surface area contributed by atoms with Gasteiger partial charge in [0.2, 0.25) is 5.91 Å². The predicted octanol–water partition coefficient (Wildman–Crippen LogP) is 2.63. The van der Waals surface area contributed by atoms with Crippen LogP contribution in [0.1, 0.15) is 39.2 Å². The summed E-state index contributed by atoms with van der Waals surface area (Å²) in [5.41, 5.74) is 7.71. The molecule has 5 nitrogen and oxygen atoms in total. The predicted molar refractivity (Wildman–Crippen MR) is 91.6 cm³/mol. The second-order valence-electron chi connectivity index (χ2n) is 6.28. The number of anilines is 1. The van der Waals surface area contributed by atoms with Crippen LogP contribution in [0.25, 0.3) is 0 Å². The number of benzene rings is 1. The van der Waals surface area contributed by atoms with Crippen LogP contribution < -0.4 is 10.5 Å². The summed E-state index contributed by atoms with van der Waals surface area (Å²) in [5, 5.41) is 0. The molecular weight excluding hydrogens is 292 g/mol. The number of nitrogens with two attached hydrogens (primary N) is 1. The highest BCUT2D eigenvalue weighted by Crippen LogP contribution is 2.23. The molecule has 0 aromatic heterocycles. The van der Waals surface area contributed by atoms with Gasteiger partial charge in [0.1, 0.15) is 5.75 Å². The van der Waals surface area contributed by atoms with E-state index in [0.717, 1.165) is 17.7 Å². The Bertz CT molecular complexity index is 523. The fourth-order valence-electron chi connectivity index (χ4n) is 2.89. The highest BCUT2D eigenvalue weighted by Gasteiger charge is 2.25. The van der Waals surface area contributed by atoms with E-state index in [-0.39, 0.29) is 18.1 Å². The van der Waals surface area contributed by atoms with E-state index in [4.69, 9.17) is 15.2 Å². The number of nitrogen functional groups attached to an aromatic ring is 1. The van der Waals surface area contributed by atoms with Gasteiger partial charge in [-0.25, -0.2) is 0 Å². The molecule has 1 aromatic carbocycles. The number of hydrogen-bond acceptors (Lipinski definition) is 4. The molecule has 1 aliphatic heterocycles. The van der Waals surface area contributed by atoms with Crippen LogP contribution >= 0.6 is 0 Å². The van der Waals surface area contributed by atoms with E-state index in [1.165, 1.54) is 0 Å². The molecular formula is C18H28N2O3. The molecule has 2 atom stereocenters. The SMILES string of the molecule is CCCOc1ccc(CCC(=O)N2CC(C)OC(C)C2)cc1N. The number of rotatable bonds is 6. The van der Waals surface area contributed by atoms with Crippen LogP contribution in [0.4, 0.5) is 5.69 Å². The average molecular weight is 320 g/mol. The third kappa shape index (κ3) is 5.13. The van der Waals surface area contributed by atoms with Crippen molar-refractivity contribution in [3.8, 4) is 5.75 Å². The molecule has 128 valence electrons. The van der Waals surface area contributed by atoms with E-state index in [2.05, 4.69) is 6.92 Å². The Morgan fingerprint density at radius 3 is 2.65 bits per heavy atom. The smallest absolute Gasteiger partial charge is 0.223 e. The fourth-order valence-corrected chi connectivity index (χ4v) is 2.89. The number of hydrogen-bond donors (Lipinski definition) is 1. The van der Waals surface area contributed by atoms with Crippen molar-refractivity contribution >= 4 is 11.6 Å². The van der Waals surface area contributed by atoms with Crippen molar-refractivity contribution in [2.24, 2.45) is 0 Å². The molecule has 2 N–H and O–H groups in total. The van der Waals surface area contributed by atoms with Crippen molar-refractivity contribution in [1.29, 1.82) is 0 Å². The Morgan fingerprint density at radius 2 is 2.04 bits per heavy atom. The van der Waals surface area contributed by atoms with Crippen LogP contribution in [0.5, 0.6) is 5.75 Å². The van der Waals surface area contributed by atoms with Crippen LogP contribution in [0, 0.1) is 0 Å². The van der Waals surface area contributed by atoms with Crippen molar-refractivity contribution in [3.63, 3.8) is 0 Å². The van der Waals surface area contributed by atoms with Crippen molar-refractivity contribution in [2.45, 2.75) is 52.2 Å². The maximum absolute atomic E-state index is 12.4. The summed E-state index contributed by atoms with van der Waals surface area (Å²) >= 11 is 0. The largest absolute Gasteiger partial charge is 0.491 e. The number of ether oxygens (including phenoxy) is 2. The minimum atomic E-state index is 0.105. The van der Waals surface area contributed by atoms with Gasteiger partial charge < -0.3 is 20.1 Å². The molecule has 23 heavy (non-hydrogen) atoms. The summed E-state index contributed by atoms with van der Waals surface area (Å²) in [6, 6.07) is 5.78. The maximum Gasteiger partial charge on any atom is 0.223 e. The van der Waals surface area contributed by atoms with Gasteiger partial charge in [-0.15, -0.1) is 0 Å². The van der Waals surface area contributed by atoms with E-state index in [1.807, 2.05) is 36.9 Å². The van der Waals surface area contributed by atoms with Gasteiger partial charge in [0.05, 0.1) is 24.5 Å². The van der Waals surface area contributed by atoms with Crippen LogP contribution in [-0.4, -0.2) is 42.7 Å². The van der Waals surface area contributed by atoms with Crippen LogP contribution in [0.3, 0.4) is 0 Å². The zero-order chi connectivity index (χ0) is 16.8. The second-order valence-corrected chi connectivity index (χ2v) is 6.28. The van der Waals surface area contributed by atoms with Crippen molar-refractivity contribution in [1.82, 2.24) is 4.90 Å². The Labute approximate surface area is 138 Å². The average Bonchev–Trinajstić information content (AvgIpc) is 2.50. The summed E-state index contributed by atoms with van der Waals surface area (Å²) in [6.45, 7) is 8.08. The van der Waals surface area contributed by atoms with Crippen molar-refractivity contribution < 1.29 is 14.3 Å². The first kappa shape index (κ1) is 17.6. The second kappa shape index (κ2) is 8.20. The van der Waals surface area contributed by atoms with Crippen molar-refractivity contribution in [2.75, 3.05) is 25.4 Å². The van der Waals surface area contributed by atoms with Gasteiger partial charge in [-0.05, 0) is 44.4 Å². The molecule has 0 bridgehead atoms. The molecule has 0 radical (unpaired) electrons. The van der Waals surface area contributed by atoms with E-state index in [1.54, 1.807) is 0 Å². The molecule has 5 heteroatoms. The number of morpholine rings is 1. The molecule has 2 rings (SSSR count). The normalized spacial score (nSPS) is 21.3. The highest BCUT2D eigenvalue weighted by atomic mass is 16.5. The lowest BCUT2D eigenvalue weighted by Crippen LogP contribution is -2.48. The van der Waals surface area contributed by atoms with E-state index in [9.17, 15) is 4.79 Å². The van der Waals surface area contributed by atoms with Crippen molar-refractivity contribution in [3.05, 3.63) is 23.8 Å². The summed E-state index contributed by atoms with van der Waals surface area (Å²) in [7, 11) is 0. The van der Waals surface area contributed by atoms with E-state index in [0.29, 0.717) is 38.2 Å². The van der Waals surface area contributed by atoms with E-state index < -0.39 is 0 Å². The third-order valence-electron chi connectivity index (χ3n) is 3.94. The Morgan fingerprint density at radius 1 is 1.35 bits per heavy atom. The summed E-state index contributed by atoms with van der Waals surface area (Å²) < 4.78 is 11.2. The van der Waals surface area contributed by atoms with Gasteiger partial charge in [0.15, 0.2) is 0 Å². The zero-order valence-corrected chi connectivity index (χ0v) is 14.4. The first-order chi connectivity index (χ1) is 11.0. The van der Waals surface area contributed by atoms with Gasteiger partial charge in [-0.1, -0.05) is 13.0 Å². The maximum atomic E-state index is 12.4. The van der Waals surface area contributed by atoms with E-state index >= 15 is 0 Å². The summed E-state index contributed by atoms with van der Waals surface area (Å²) in [6.07, 6.45) is 2.35. The molecule has 1 fully saturated rings. The van der Waals surface area contributed by atoms with Gasteiger partial charge in [0.25, 0.3) is 0 Å². The molecule has 0 spiro atoms. The number of carbonyl (C=O) groups is 1. The Hall–Kier alpha value is -1.75. The number of aryl methyl sites for hydroxylation is 1. The number of carbonyl (C=O) groups excluding carboxylic acids is 1. The molecule has 1 aliphatic rings. The highest BCUT2D eigenvalue weighted by molar-refractivity contribution is 5.76. The standard InChI is InChI=1S/C18H28N2O3/c1-4-9-22-17-7-5-15(10-16(17)19)6-8-18(21)20-11-13(2)23-14(3)12-20/h5,7,10,13-14H,4,6,8-9,11-12,19H2,1-3H3.